The summed E-state index contributed by atoms with van der Waals surface area (Å²) in [5.41, 5.74) is 3.72. The lowest BCUT2D eigenvalue weighted by Gasteiger charge is -2.12. The molecule has 4 heteroatoms. The summed E-state index contributed by atoms with van der Waals surface area (Å²) in [6.45, 7) is 2.11. The van der Waals surface area contributed by atoms with Crippen LogP contribution in [0.15, 0.2) is 61.1 Å². The second kappa shape index (κ2) is 6.83. The standard InChI is InChI=1S/C19H16N2O2/c1-2-15-9-11-20-12-18(15)17-4-3-10-21-19(17)23-16-7-5-14(13-22)6-8-16/h3-13H,2H2,1H3. The molecular formula is C19H16N2O2. The quantitative estimate of drug-likeness (QED) is 0.659. The Kier molecular flexibility index (Phi) is 4.43. The van der Waals surface area contributed by atoms with Crippen LogP contribution in [0, 0.1) is 0 Å². The molecule has 2 heterocycles. The molecule has 4 nitrogen and oxygen atoms in total. The summed E-state index contributed by atoms with van der Waals surface area (Å²) in [6.07, 6.45) is 7.02. The highest BCUT2D eigenvalue weighted by Gasteiger charge is 2.12. The van der Waals surface area contributed by atoms with E-state index in [2.05, 4.69) is 16.9 Å². The first-order valence-electron chi connectivity index (χ1n) is 7.43. The fraction of sp³-hybridized carbons (Fsp3) is 0.105. The predicted octanol–water partition coefficient (Wildman–Crippen LogP) is 4.31. The van der Waals surface area contributed by atoms with Crippen LogP contribution in [-0.2, 0) is 6.42 Å². The van der Waals surface area contributed by atoms with Crippen molar-refractivity contribution in [1.29, 1.82) is 0 Å². The molecule has 0 radical (unpaired) electrons. The van der Waals surface area contributed by atoms with Gasteiger partial charge >= 0.3 is 0 Å². The van der Waals surface area contributed by atoms with Gasteiger partial charge in [-0.3, -0.25) is 9.78 Å². The number of aldehydes is 1. The Hall–Kier alpha value is -3.01. The van der Waals surface area contributed by atoms with Gasteiger partial charge in [0.05, 0.1) is 0 Å². The molecule has 0 bridgehead atoms. The molecule has 0 amide bonds. The van der Waals surface area contributed by atoms with Crippen molar-refractivity contribution in [2.24, 2.45) is 0 Å². The van der Waals surface area contributed by atoms with Gasteiger partial charge in [-0.25, -0.2) is 4.98 Å². The minimum Gasteiger partial charge on any atom is -0.438 e. The molecule has 0 unspecified atom stereocenters. The SMILES string of the molecule is CCc1ccncc1-c1cccnc1Oc1ccc(C=O)cc1. The molecule has 3 rings (SSSR count). The number of pyridine rings is 2. The Morgan fingerprint density at radius 3 is 2.61 bits per heavy atom. The largest absolute Gasteiger partial charge is 0.438 e. The second-order valence-corrected chi connectivity index (χ2v) is 5.03. The molecule has 0 aliphatic carbocycles. The van der Waals surface area contributed by atoms with Crippen LogP contribution in [0.3, 0.4) is 0 Å². The predicted molar refractivity (Wildman–Crippen MR) is 88.7 cm³/mol. The Morgan fingerprint density at radius 2 is 1.87 bits per heavy atom. The van der Waals surface area contributed by atoms with Crippen LogP contribution in [0.1, 0.15) is 22.8 Å². The number of hydrogen-bond acceptors (Lipinski definition) is 4. The smallest absolute Gasteiger partial charge is 0.227 e. The Labute approximate surface area is 134 Å². The van der Waals surface area contributed by atoms with Crippen molar-refractivity contribution in [3.8, 4) is 22.8 Å². The maximum Gasteiger partial charge on any atom is 0.227 e. The van der Waals surface area contributed by atoms with Crippen molar-refractivity contribution < 1.29 is 9.53 Å². The summed E-state index contributed by atoms with van der Waals surface area (Å²) >= 11 is 0. The summed E-state index contributed by atoms with van der Waals surface area (Å²) in [5.74, 6) is 1.16. The van der Waals surface area contributed by atoms with Crippen LogP contribution in [0.4, 0.5) is 0 Å². The number of nitrogens with zero attached hydrogens (tertiary/aromatic N) is 2. The van der Waals surface area contributed by atoms with Gasteiger partial charge < -0.3 is 4.74 Å². The topological polar surface area (TPSA) is 52.1 Å². The van der Waals surface area contributed by atoms with Gasteiger partial charge in [-0.2, -0.15) is 0 Å². The van der Waals surface area contributed by atoms with Gasteiger partial charge in [-0.1, -0.05) is 6.92 Å². The third-order valence-corrected chi connectivity index (χ3v) is 3.58. The van der Waals surface area contributed by atoms with Crippen LogP contribution in [0.2, 0.25) is 0 Å². The zero-order chi connectivity index (χ0) is 16.1. The monoisotopic (exact) mass is 304 g/mol. The number of aromatic nitrogens is 2. The highest BCUT2D eigenvalue weighted by atomic mass is 16.5. The third-order valence-electron chi connectivity index (χ3n) is 3.58. The van der Waals surface area contributed by atoms with Gasteiger partial charge in [-0.15, -0.1) is 0 Å². The summed E-state index contributed by atoms with van der Waals surface area (Å²) in [5, 5.41) is 0. The van der Waals surface area contributed by atoms with Crippen molar-refractivity contribution in [2.75, 3.05) is 0 Å². The molecule has 0 saturated carbocycles. The number of ether oxygens (including phenoxy) is 1. The van der Waals surface area contributed by atoms with E-state index >= 15 is 0 Å². The fourth-order valence-corrected chi connectivity index (χ4v) is 2.38. The number of benzene rings is 1. The van der Waals surface area contributed by atoms with Crippen LogP contribution >= 0.6 is 0 Å². The fourth-order valence-electron chi connectivity index (χ4n) is 2.38. The van der Waals surface area contributed by atoms with E-state index in [0.29, 0.717) is 17.2 Å². The number of hydrogen-bond donors (Lipinski definition) is 0. The molecule has 2 aromatic heterocycles. The lowest BCUT2D eigenvalue weighted by molar-refractivity contribution is 0.112. The molecule has 0 fully saturated rings. The molecule has 0 spiro atoms. The molecule has 0 N–H and O–H groups in total. The van der Waals surface area contributed by atoms with E-state index in [1.807, 2.05) is 24.4 Å². The summed E-state index contributed by atoms with van der Waals surface area (Å²) < 4.78 is 5.91. The highest BCUT2D eigenvalue weighted by molar-refractivity contribution is 5.75. The Balaban J connectivity index is 1.98. The van der Waals surface area contributed by atoms with Crippen LogP contribution in [-0.4, -0.2) is 16.3 Å². The van der Waals surface area contributed by atoms with Crippen LogP contribution < -0.4 is 4.74 Å². The van der Waals surface area contributed by atoms with Crippen LogP contribution in [0.5, 0.6) is 11.6 Å². The van der Waals surface area contributed by atoms with E-state index in [1.54, 1.807) is 36.7 Å². The first-order valence-corrected chi connectivity index (χ1v) is 7.43. The van der Waals surface area contributed by atoms with Gasteiger partial charge in [0.25, 0.3) is 0 Å². The van der Waals surface area contributed by atoms with E-state index in [0.717, 1.165) is 23.8 Å². The van der Waals surface area contributed by atoms with Gasteiger partial charge in [0.2, 0.25) is 5.88 Å². The third kappa shape index (κ3) is 3.26. The van der Waals surface area contributed by atoms with Gasteiger partial charge in [0.1, 0.15) is 12.0 Å². The summed E-state index contributed by atoms with van der Waals surface area (Å²) in [4.78, 5) is 19.3. The first kappa shape index (κ1) is 14.9. The molecule has 3 aromatic rings. The molecule has 1 aromatic carbocycles. The van der Waals surface area contributed by atoms with Crippen molar-refractivity contribution in [3.05, 3.63) is 72.2 Å². The minimum atomic E-state index is 0.522. The van der Waals surface area contributed by atoms with E-state index in [-0.39, 0.29) is 0 Å². The van der Waals surface area contributed by atoms with Crippen molar-refractivity contribution in [2.45, 2.75) is 13.3 Å². The molecule has 23 heavy (non-hydrogen) atoms. The average Bonchev–Trinajstić information content (AvgIpc) is 2.63. The van der Waals surface area contributed by atoms with E-state index in [4.69, 9.17) is 4.74 Å². The second-order valence-electron chi connectivity index (χ2n) is 5.03. The number of carbonyl (C=O) groups is 1. The number of rotatable bonds is 5. The van der Waals surface area contributed by atoms with E-state index in [1.165, 1.54) is 5.56 Å². The Morgan fingerprint density at radius 1 is 1.04 bits per heavy atom. The lowest BCUT2D eigenvalue weighted by atomic mass is 10.0. The molecule has 0 saturated heterocycles. The zero-order valence-corrected chi connectivity index (χ0v) is 12.8. The van der Waals surface area contributed by atoms with E-state index in [9.17, 15) is 4.79 Å². The van der Waals surface area contributed by atoms with Crippen molar-refractivity contribution >= 4 is 6.29 Å². The molecule has 0 aliphatic heterocycles. The van der Waals surface area contributed by atoms with Crippen molar-refractivity contribution in [3.63, 3.8) is 0 Å². The summed E-state index contributed by atoms with van der Waals surface area (Å²) in [6, 6.07) is 12.8. The molecular weight excluding hydrogens is 288 g/mol. The Bertz CT molecular complexity index is 814. The van der Waals surface area contributed by atoms with E-state index < -0.39 is 0 Å². The lowest BCUT2D eigenvalue weighted by Crippen LogP contribution is -1.95. The van der Waals surface area contributed by atoms with Gasteiger partial charge in [0, 0.05) is 35.3 Å². The molecule has 0 atom stereocenters. The average molecular weight is 304 g/mol. The minimum absolute atomic E-state index is 0.522. The number of carbonyl (C=O) groups excluding carboxylic acids is 1. The van der Waals surface area contributed by atoms with Gasteiger partial charge in [-0.05, 0) is 54.4 Å². The number of aryl methyl sites for hydroxylation is 1. The maximum absolute atomic E-state index is 10.7. The first-order chi connectivity index (χ1) is 11.3. The summed E-state index contributed by atoms with van der Waals surface area (Å²) in [7, 11) is 0. The maximum atomic E-state index is 10.7. The molecule has 0 aliphatic rings. The normalized spacial score (nSPS) is 10.3. The zero-order valence-electron chi connectivity index (χ0n) is 12.8. The molecule has 114 valence electrons. The van der Waals surface area contributed by atoms with Gasteiger partial charge in [0.15, 0.2) is 0 Å². The highest BCUT2D eigenvalue weighted by Crippen LogP contribution is 2.33. The van der Waals surface area contributed by atoms with Crippen LogP contribution in [0.25, 0.3) is 11.1 Å². The van der Waals surface area contributed by atoms with Crippen molar-refractivity contribution in [1.82, 2.24) is 9.97 Å².